The number of nitrogens with zero attached hydrogens (tertiary/aromatic N) is 1. The molecule has 0 fully saturated rings. The lowest BCUT2D eigenvalue weighted by Gasteiger charge is -2.26. The maximum absolute atomic E-state index is 12.2. The maximum Gasteiger partial charge on any atom is 0.241 e. The summed E-state index contributed by atoms with van der Waals surface area (Å²) in [6.07, 6.45) is 4.20. The first-order valence-electron chi connectivity index (χ1n) is 8.27. The van der Waals surface area contributed by atoms with Crippen LogP contribution in [0.2, 0.25) is 0 Å². The number of aromatic nitrogens is 1. The van der Waals surface area contributed by atoms with Gasteiger partial charge in [0, 0.05) is 35.3 Å². The van der Waals surface area contributed by atoms with E-state index in [0.29, 0.717) is 18.0 Å². The first-order valence-corrected chi connectivity index (χ1v) is 8.27. The lowest BCUT2D eigenvalue weighted by molar-refractivity contribution is -0.117. The molecule has 0 unspecified atom stereocenters. The van der Waals surface area contributed by atoms with Gasteiger partial charge in [0.25, 0.3) is 0 Å². The second-order valence-electron chi connectivity index (χ2n) is 6.66. The highest BCUT2D eigenvalue weighted by atomic mass is 16.5. The van der Waals surface area contributed by atoms with Crippen molar-refractivity contribution in [2.24, 2.45) is 11.7 Å². The van der Waals surface area contributed by atoms with Crippen LogP contribution in [-0.2, 0) is 4.79 Å². The molecule has 2 aromatic rings. The third kappa shape index (κ3) is 3.26. The van der Waals surface area contributed by atoms with E-state index < -0.39 is 6.04 Å². The number of carbonyl (C=O) groups excluding carboxylic acids is 1. The zero-order chi connectivity index (χ0) is 17.3. The number of fused-ring (bicyclic) bond motifs is 3. The minimum absolute atomic E-state index is 0.0738. The Morgan fingerprint density at radius 2 is 2.12 bits per heavy atom. The van der Waals surface area contributed by atoms with E-state index >= 15 is 0 Å². The fourth-order valence-electron chi connectivity index (χ4n) is 3.00. The number of anilines is 1. The van der Waals surface area contributed by atoms with Crippen molar-refractivity contribution in [3.63, 3.8) is 0 Å². The number of pyridine rings is 1. The molecule has 0 spiro atoms. The van der Waals surface area contributed by atoms with Crippen LogP contribution >= 0.6 is 0 Å². The Hall–Kier alpha value is -2.40. The van der Waals surface area contributed by atoms with Gasteiger partial charge < -0.3 is 15.8 Å². The van der Waals surface area contributed by atoms with E-state index in [1.807, 2.05) is 51.2 Å². The number of rotatable bonds is 4. The Bertz CT molecular complexity index is 758. The molecule has 3 N–H and O–H groups in total. The molecule has 0 bridgehead atoms. The van der Waals surface area contributed by atoms with Gasteiger partial charge in [-0.1, -0.05) is 13.8 Å². The van der Waals surface area contributed by atoms with Gasteiger partial charge in [0.1, 0.15) is 11.9 Å². The molecule has 5 nitrogen and oxygen atoms in total. The average Bonchev–Trinajstić information content (AvgIpc) is 2.54. The van der Waals surface area contributed by atoms with Crippen LogP contribution < -0.4 is 15.8 Å². The second-order valence-corrected chi connectivity index (χ2v) is 6.66. The van der Waals surface area contributed by atoms with Gasteiger partial charge in [-0.25, -0.2) is 0 Å². The Morgan fingerprint density at radius 3 is 2.88 bits per heavy atom. The molecule has 0 saturated carbocycles. The Labute approximate surface area is 142 Å². The molecule has 1 aliphatic heterocycles. The summed E-state index contributed by atoms with van der Waals surface area (Å²) in [7, 11) is 0. The van der Waals surface area contributed by atoms with E-state index in [0.717, 1.165) is 22.4 Å². The standard InChI is InChI=1S/C19H23N3O2/c1-11(2)8-17(20)19(23)22-13-4-5-15-14-6-7-21-10-16(14)12(3)24-18(15)9-13/h4-7,9-12,17H,8,20H2,1-3H3,(H,22,23)/t12-,17+/m0/s1. The first-order chi connectivity index (χ1) is 11.5. The lowest BCUT2D eigenvalue weighted by Crippen LogP contribution is -2.36. The SMILES string of the molecule is CC(C)C[C@@H](N)C(=O)Nc1ccc2c(c1)O[C@@H](C)c1cnccc1-2. The van der Waals surface area contributed by atoms with E-state index in [1.54, 1.807) is 6.20 Å². The van der Waals surface area contributed by atoms with E-state index in [4.69, 9.17) is 10.5 Å². The number of benzene rings is 1. The normalized spacial score (nSPS) is 16.8. The third-order valence-corrected chi connectivity index (χ3v) is 4.20. The Balaban J connectivity index is 1.83. The van der Waals surface area contributed by atoms with Crippen LogP contribution in [0.25, 0.3) is 11.1 Å². The largest absolute Gasteiger partial charge is 0.485 e. The van der Waals surface area contributed by atoms with Gasteiger partial charge in [0.15, 0.2) is 0 Å². The third-order valence-electron chi connectivity index (χ3n) is 4.20. The lowest BCUT2D eigenvalue weighted by atomic mass is 9.95. The van der Waals surface area contributed by atoms with Crippen molar-refractivity contribution in [3.8, 4) is 16.9 Å². The molecule has 0 saturated heterocycles. The zero-order valence-electron chi connectivity index (χ0n) is 14.2. The van der Waals surface area contributed by atoms with Crippen molar-refractivity contribution in [3.05, 3.63) is 42.2 Å². The van der Waals surface area contributed by atoms with E-state index in [2.05, 4.69) is 10.3 Å². The van der Waals surface area contributed by atoms with Gasteiger partial charge in [0.05, 0.1) is 6.04 Å². The molecule has 0 aliphatic carbocycles. The van der Waals surface area contributed by atoms with Crippen LogP contribution in [0.4, 0.5) is 5.69 Å². The molecule has 126 valence electrons. The minimum atomic E-state index is -0.507. The van der Waals surface area contributed by atoms with Crippen LogP contribution in [0.1, 0.15) is 38.9 Å². The molecular formula is C19H23N3O2. The second kappa shape index (κ2) is 6.61. The summed E-state index contributed by atoms with van der Waals surface area (Å²) < 4.78 is 5.98. The number of ether oxygens (including phenoxy) is 1. The molecule has 1 aromatic carbocycles. The quantitative estimate of drug-likeness (QED) is 0.902. The van der Waals surface area contributed by atoms with Crippen molar-refractivity contribution < 1.29 is 9.53 Å². The first kappa shape index (κ1) is 16.5. The van der Waals surface area contributed by atoms with Gasteiger partial charge in [-0.15, -0.1) is 0 Å². The van der Waals surface area contributed by atoms with Crippen molar-refractivity contribution in [1.82, 2.24) is 4.98 Å². The van der Waals surface area contributed by atoms with Crippen LogP contribution in [0.5, 0.6) is 5.75 Å². The number of hydrogen-bond acceptors (Lipinski definition) is 4. The molecule has 2 heterocycles. The maximum atomic E-state index is 12.2. The smallest absolute Gasteiger partial charge is 0.241 e. The highest BCUT2D eigenvalue weighted by Crippen LogP contribution is 2.42. The number of amides is 1. The van der Waals surface area contributed by atoms with Gasteiger partial charge in [-0.05, 0) is 43.0 Å². The number of carbonyl (C=O) groups is 1. The summed E-state index contributed by atoms with van der Waals surface area (Å²) in [4.78, 5) is 16.4. The number of nitrogens with two attached hydrogens (primary N) is 1. The monoisotopic (exact) mass is 325 g/mol. The topological polar surface area (TPSA) is 77.2 Å². The van der Waals surface area contributed by atoms with Gasteiger partial charge >= 0.3 is 0 Å². The molecule has 1 amide bonds. The summed E-state index contributed by atoms with van der Waals surface area (Å²) >= 11 is 0. The summed E-state index contributed by atoms with van der Waals surface area (Å²) in [6.45, 7) is 6.09. The van der Waals surface area contributed by atoms with Crippen LogP contribution in [0.3, 0.4) is 0 Å². The fraction of sp³-hybridized carbons (Fsp3) is 0.368. The van der Waals surface area contributed by atoms with Gasteiger partial charge in [-0.2, -0.15) is 0 Å². The predicted octanol–water partition coefficient (Wildman–Crippen LogP) is 3.51. The molecule has 24 heavy (non-hydrogen) atoms. The van der Waals surface area contributed by atoms with E-state index in [1.165, 1.54) is 0 Å². The van der Waals surface area contributed by atoms with Crippen LogP contribution in [-0.4, -0.2) is 16.9 Å². The molecule has 2 atom stereocenters. The minimum Gasteiger partial charge on any atom is -0.485 e. The molecule has 5 heteroatoms. The Morgan fingerprint density at radius 1 is 1.33 bits per heavy atom. The van der Waals surface area contributed by atoms with Crippen LogP contribution in [0.15, 0.2) is 36.7 Å². The highest BCUT2D eigenvalue weighted by Gasteiger charge is 2.23. The molecule has 1 aliphatic rings. The van der Waals surface area contributed by atoms with Crippen molar-refractivity contribution in [2.75, 3.05) is 5.32 Å². The Kier molecular flexibility index (Phi) is 4.53. The predicted molar refractivity (Wildman–Crippen MR) is 94.8 cm³/mol. The summed E-state index contributed by atoms with van der Waals surface area (Å²) in [5, 5.41) is 2.88. The van der Waals surface area contributed by atoms with Crippen molar-refractivity contribution >= 4 is 11.6 Å². The van der Waals surface area contributed by atoms with E-state index in [-0.39, 0.29) is 12.0 Å². The average molecular weight is 325 g/mol. The van der Waals surface area contributed by atoms with Crippen molar-refractivity contribution in [2.45, 2.75) is 39.3 Å². The van der Waals surface area contributed by atoms with Crippen LogP contribution in [0, 0.1) is 5.92 Å². The summed E-state index contributed by atoms with van der Waals surface area (Å²) in [5.74, 6) is 0.970. The highest BCUT2D eigenvalue weighted by molar-refractivity contribution is 5.95. The fourth-order valence-corrected chi connectivity index (χ4v) is 3.00. The summed E-state index contributed by atoms with van der Waals surface area (Å²) in [5.41, 5.74) is 9.83. The molecule has 3 rings (SSSR count). The number of hydrogen-bond donors (Lipinski definition) is 2. The zero-order valence-corrected chi connectivity index (χ0v) is 14.2. The summed E-state index contributed by atoms with van der Waals surface area (Å²) in [6, 6.07) is 7.18. The van der Waals surface area contributed by atoms with Crippen molar-refractivity contribution in [1.29, 1.82) is 0 Å². The van der Waals surface area contributed by atoms with Gasteiger partial charge in [0.2, 0.25) is 5.91 Å². The van der Waals surface area contributed by atoms with E-state index in [9.17, 15) is 4.79 Å². The molecule has 0 radical (unpaired) electrons. The number of nitrogens with one attached hydrogen (secondary N) is 1. The molecular weight excluding hydrogens is 302 g/mol. The van der Waals surface area contributed by atoms with Gasteiger partial charge in [-0.3, -0.25) is 9.78 Å². The molecule has 1 aromatic heterocycles.